The van der Waals surface area contributed by atoms with Gasteiger partial charge in [0.05, 0.1) is 22.5 Å². The molecular weight excluding hydrogens is 571 g/mol. The van der Waals surface area contributed by atoms with Crippen LogP contribution >= 0.6 is 0 Å². The summed E-state index contributed by atoms with van der Waals surface area (Å²) in [5.74, 6) is 1.71. The third-order valence-electron chi connectivity index (χ3n) is 9.79. The molecular formula is C33H30F3N5O3. The number of halogens is 3. The van der Waals surface area contributed by atoms with Gasteiger partial charge in [0.1, 0.15) is 47.5 Å². The number of aromatic hydroxyl groups is 1. The van der Waals surface area contributed by atoms with Crippen LogP contribution in [0.5, 0.6) is 17.5 Å². The summed E-state index contributed by atoms with van der Waals surface area (Å²) >= 11 is 0. The van der Waals surface area contributed by atoms with E-state index in [9.17, 15) is 13.9 Å². The van der Waals surface area contributed by atoms with Crippen molar-refractivity contribution in [1.29, 1.82) is 0 Å². The molecule has 8 nitrogen and oxygen atoms in total. The zero-order valence-electron chi connectivity index (χ0n) is 24.0. The number of terminal acetylenes is 1. The number of nitrogens with zero attached hydrogens (tertiary/aromatic N) is 4. The lowest BCUT2D eigenvalue weighted by Crippen LogP contribution is -2.44. The molecule has 0 unspecified atom stereocenters. The van der Waals surface area contributed by atoms with Gasteiger partial charge in [-0.3, -0.25) is 4.90 Å². The van der Waals surface area contributed by atoms with Crippen LogP contribution in [0.25, 0.3) is 32.8 Å². The van der Waals surface area contributed by atoms with E-state index >= 15 is 4.39 Å². The SMILES string of the molecule is C#Cc1c(F)ccc2cc(O)cc(-c3cc4c5c(nc(OC[C@@]67CCCN6C[C@H](F)C7)nc5c3F)N(C)[C@H]3CNC[C@H]3O4)c12. The molecule has 0 spiro atoms. The second-order valence-electron chi connectivity index (χ2n) is 12.3. The maximum atomic E-state index is 16.9. The predicted molar refractivity (Wildman–Crippen MR) is 160 cm³/mol. The smallest absolute Gasteiger partial charge is 0.319 e. The van der Waals surface area contributed by atoms with E-state index in [-0.39, 0.29) is 58.1 Å². The summed E-state index contributed by atoms with van der Waals surface area (Å²) in [4.78, 5) is 13.4. The number of nitrogens with one attached hydrogen (secondary N) is 1. The Bertz CT molecular complexity index is 1900. The van der Waals surface area contributed by atoms with E-state index in [0.29, 0.717) is 48.4 Å². The van der Waals surface area contributed by atoms with Gasteiger partial charge in [-0.15, -0.1) is 6.42 Å². The van der Waals surface area contributed by atoms with Crippen molar-refractivity contribution < 1.29 is 27.8 Å². The molecule has 3 saturated heterocycles. The maximum Gasteiger partial charge on any atom is 0.319 e. The first-order valence-corrected chi connectivity index (χ1v) is 14.8. The van der Waals surface area contributed by atoms with Crippen LogP contribution < -0.4 is 19.7 Å². The topological polar surface area (TPSA) is 83.0 Å². The Morgan fingerprint density at radius 3 is 2.89 bits per heavy atom. The number of rotatable bonds is 4. The number of likely N-dealkylation sites (N-methyl/N-ethyl adjacent to an activating group) is 1. The zero-order valence-corrected chi connectivity index (χ0v) is 24.0. The van der Waals surface area contributed by atoms with Crippen molar-refractivity contribution in [2.75, 3.05) is 44.7 Å². The molecule has 5 heterocycles. The number of phenols is 1. The number of phenolic OH excluding ortho intramolecular Hbond substituents is 1. The largest absolute Gasteiger partial charge is 0.508 e. The van der Waals surface area contributed by atoms with Gasteiger partial charge in [0.15, 0.2) is 5.82 Å². The summed E-state index contributed by atoms with van der Waals surface area (Å²) in [5, 5.41) is 15.1. The van der Waals surface area contributed by atoms with Crippen molar-refractivity contribution in [3.63, 3.8) is 0 Å². The highest BCUT2D eigenvalue weighted by atomic mass is 19.1. The molecule has 4 aliphatic heterocycles. The Morgan fingerprint density at radius 1 is 1.18 bits per heavy atom. The van der Waals surface area contributed by atoms with E-state index in [2.05, 4.69) is 21.1 Å². The van der Waals surface area contributed by atoms with E-state index in [1.165, 1.54) is 24.3 Å². The molecule has 4 aromatic rings. The molecule has 4 atom stereocenters. The summed E-state index contributed by atoms with van der Waals surface area (Å²) in [7, 11) is 1.88. The zero-order chi connectivity index (χ0) is 30.3. The summed E-state index contributed by atoms with van der Waals surface area (Å²) in [6.07, 6.45) is 6.65. The molecule has 4 aliphatic rings. The number of benzene rings is 3. The average molecular weight is 602 g/mol. The fourth-order valence-corrected chi connectivity index (χ4v) is 7.71. The summed E-state index contributed by atoms with van der Waals surface area (Å²) in [6, 6.07) is 6.96. The number of alkyl halides is 1. The summed E-state index contributed by atoms with van der Waals surface area (Å²) in [6.45, 7) is 2.57. The molecule has 11 heteroatoms. The minimum absolute atomic E-state index is 0.0228. The summed E-state index contributed by atoms with van der Waals surface area (Å²) in [5.41, 5.74) is -0.284. The van der Waals surface area contributed by atoms with E-state index in [0.717, 1.165) is 19.4 Å². The Labute approximate surface area is 251 Å². The molecule has 3 fully saturated rings. The predicted octanol–water partition coefficient (Wildman–Crippen LogP) is 4.54. The Morgan fingerprint density at radius 2 is 2.05 bits per heavy atom. The van der Waals surface area contributed by atoms with Gasteiger partial charge >= 0.3 is 6.01 Å². The van der Waals surface area contributed by atoms with Gasteiger partial charge in [-0.05, 0) is 54.6 Å². The molecule has 0 radical (unpaired) electrons. The molecule has 0 amide bonds. The van der Waals surface area contributed by atoms with Crippen molar-refractivity contribution in [3.8, 4) is 41.0 Å². The molecule has 2 N–H and O–H groups in total. The fourth-order valence-electron chi connectivity index (χ4n) is 7.71. The normalized spacial score (nSPS) is 26.0. The molecule has 8 rings (SSSR count). The van der Waals surface area contributed by atoms with Gasteiger partial charge in [-0.1, -0.05) is 12.0 Å². The molecule has 1 aromatic heterocycles. The second-order valence-corrected chi connectivity index (χ2v) is 12.3. The van der Waals surface area contributed by atoms with Crippen LogP contribution in [0.1, 0.15) is 24.8 Å². The van der Waals surface area contributed by atoms with E-state index in [1.807, 2.05) is 11.9 Å². The van der Waals surface area contributed by atoms with Crippen molar-refractivity contribution in [3.05, 3.63) is 47.5 Å². The van der Waals surface area contributed by atoms with Gasteiger partial charge in [0.2, 0.25) is 0 Å². The lowest BCUT2D eigenvalue weighted by Gasteiger charge is -2.31. The van der Waals surface area contributed by atoms with E-state index in [4.69, 9.17) is 20.9 Å². The van der Waals surface area contributed by atoms with Crippen LogP contribution in [-0.2, 0) is 0 Å². The third kappa shape index (κ3) is 4.01. The number of hydrogen-bond acceptors (Lipinski definition) is 8. The Hall–Kier alpha value is -4.27. The first-order chi connectivity index (χ1) is 21.3. The Kier molecular flexibility index (Phi) is 6.12. The van der Waals surface area contributed by atoms with Crippen molar-refractivity contribution in [2.45, 2.75) is 43.1 Å². The molecule has 0 aliphatic carbocycles. The number of fused-ring (bicyclic) bond motifs is 3. The number of ether oxygens (including phenoxy) is 2. The standard InChI is InChI=1S/C33H30F3N5O3/c1-3-20-23(35)6-5-17-9-19(42)10-21(27(17)20)22-11-25-28-30(29(22)36)38-32(39-31(28)40(2)24-13-37-14-26(24)44-25)43-16-33-7-4-8-41(33)15-18(34)12-33/h1,5-6,9-11,18,24,26,37,42H,4,7-8,12-16H2,2H3/t18-,24+,26-,33+/m1/s1. The lowest BCUT2D eigenvalue weighted by atomic mass is 9.92. The van der Waals surface area contributed by atoms with Crippen molar-refractivity contribution in [1.82, 2.24) is 20.2 Å². The lowest BCUT2D eigenvalue weighted by molar-refractivity contribution is 0.107. The Balaban J connectivity index is 1.34. The third-order valence-corrected chi connectivity index (χ3v) is 9.79. The molecule has 0 saturated carbocycles. The molecule has 226 valence electrons. The van der Waals surface area contributed by atoms with Crippen LogP contribution in [0.15, 0.2) is 30.3 Å². The van der Waals surface area contributed by atoms with Crippen molar-refractivity contribution >= 4 is 27.5 Å². The minimum atomic E-state index is -0.923. The number of anilines is 1. The maximum absolute atomic E-state index is 16.9. The van der Waals surface area contributed by atoms with Gasteiger partial charge in [-0.2, -0.15) is 9.97 Å². The number of hydrogen-bond donors (Lipinski definition) is 2. The minimum Gasteiger partial charge on any atom is -0.508 e. The van der Waals surface area contributed by atoms with Crippen LogP contribution in [0.4, 0.5) is 19.0 Å². The quantitative estimate of drug-likeness (QED) is 0.330. The monoisotopic (exact) mass is 601 g/mol. The van der Waals surface area contributed by atoms with Crippen LogP contribution in [0.2, 0.25) is 0 Å². The van der Waals surface area contributed by atoms with Gasteiger partial charge < -0.3 is 24.8 Å². The van der Waals surface area contributed by atoms with E-state index in [1.54, 1.807) is 6.07 Å². The highest BCUT2D eigenvalue weighted by molar-refractivity contribution is 6.05. The summed E-state index contributed by atoms with van der Waals surface area (Å²) < 4.78 is 58.9. The first-order valence-electron chi connectivity index (χ1n) is 14.8. The number of aromatic nitrogens is 2. The first kappa shape index (κ1) is 27.3. The molecule has 44 heavy (non-hydrogen) atoms. The van der Waals surface area contributed by atoms with Crippen molar-refractivity contribution in [2.24, 2.45) is 0 Å². The van der Waals surface area contributed by atoms with Crippen LogP contribution in [0, 0.1) is 24.0 Å². The average Bonchev–Trinajstić information content (AvgIpc) is 3.69. The van der Waals surface area contributed by atoms with Crippen LogP contribution in [0.3, 0.4) is 0 Å². The van der Waals surface area contributed by atoms with Gasteiger partial charge in [0.25, 0.3) is 0 Å². The second kappa shape index (κ2) is 9.87. The highest BCUT2D eigenvalue weighted by Crippen LogP contribution is 2.46. The van der Waals surface area contributed by atoms with Gasteiger partial charge in [-0.25, -0.2) is 13.2 Å². The fraction of sp³-hybridized carbons (Fsp3) is 0.394. The van der Waals surface area contributed by atoms with Crippen LogP contribution in [-0.4, -0.2) is 83.7 Å². The highest BCUT2D eigenvalue weighted by Gasteiger charge is 2.49. The van der Waals surface area contributed by atoms with Gasteiger partial charge in [0, 0.05) is 44.1 Å². The molecule has 3 aromatic carbocycles. The van der Waals surface area contributed by atoms with E-state index < -0.39 is 23.3 Å². The molecule has 0 bridgehead atoms.